The number of rotatable bonds is 19. The molecule has 0 bridgehead atoms. The Morgan fingerprint density at radius 3 is 1.24 bits per heavy atom. The van der Waals surface area contributed by atoms with Gasteiger partial charge in [-0.1, -0.05) is 71.9 Å². The molecule has 0 saturated heterocycles. The van der Waals surface area contributed by atoms with E-state index in [0.29, 0.717) is 26.1 Å². The molecule has 0 aliphatic carbocycles. The highest BCUT2D eigenvalue weighted by atomic mass is 127. The molecule has 0 saturated carbocycles. The summed E-state index contributed by atoms with van der Waals surface area (Å²) < 4.78 is 20.0. The van der Waals surface area contributed by atoms with Gasteiger partial charge < -0.3 is 18.9 Å². The first-order valence-electron chi connectivity index (χ1n) is 12.2. The highest BCUT2D eigenvalue weighted by Crippen LogP contribution is 2.27. The van der Waals surface area contributed by atoms with Crippen LogP contribution < -0.4 is 0 Å². The van der Waals surface area contributed by atoms with Crippen molar-refractivity contribution in [1.82, 2.24) is 0 Å². The number of carbonyl (C=O) groups excluding carboxylic acids is 4. The maximum atomic E-state index is 12.6. The van der Waals surface area contributed by atoms with Crippen LogP contribution >= 0.6 is 45.2 Å². The number of hydrogen-bond acceptors (Lipinski definition) is 8. The lowest BCUT2D eigenvalue weighted by Crippen LogP contribution is -2.29. The molecule has 0 aromatic heterocycles. The zero-order chi connectivity index (χ0) is 25.9. The van der Waals surface area contributed by atoms with E-state index in [1.807, 2.05) is 59.0 Å². The van der Waals surface area contributed by atoms with Gasteiger partial charge in [-0.15, -0.1) is 0 Å². The van der Waals surface area contributed by atoms with Crippen molar-refractivity contribution in [3.63, 3.8) is 0 Å². The van der Waals surface area contributed by atoms with Gasteiger partial charge in [0.1, 0.15) is 7.85 Å². The van der Waals surface area contributed by atoms with E-state index in [-0.39, 0.29) is 38.0 Å². The van der Waals surface area contributed by atoms with Crippen molar-refractivity contribution in [3.05, 3.63) is 0 Å². The summed E-state index contributed by atoms with van der Waals surface area (Å²) in [5, 5.41) is 0. The lowest BCUT2D eigenvalue weighted by molar-refractivity contribution is -0.153. The van der Waals surface area contributed by atoms with E-state index in [1.165, 1.54) is 0 Å². The minimum absolute atomic E-state index is 0.225. The summed E-state index contributed by atoms with van der Waals surface area (Å²) in [5.41, 5.74) is 0. The molecular weight excluding hydrogens is 670 g/mol. The summed E-state index contributed by atoms with van der Waals surface area (Å²) in [4.78, 5) is 49.7. The van der Waals surface area contributed by atoms with Gasteiger partial charge >= 0.3 is 23.9 Å². The zero-order valence-electron chi connectivity index (χ0n) is 20.8. The van der Waals surface area contributed by atoms with Crippen LogP contribution in [0.1, 0.15) is 79.1 Å². The Bertz CT molecular complexity index is 562. The minimum Gasteiger partial charge on any atom is -0.466 e. The molecule has 8 nitrogen and oxygen atoms in total. The predicted octanol–water partition coefficient (Wildman–Crippen LogP) is 5.20. The fraction of sp³-hybridized carbons (Fsp3) is 0.833. The average molecular weight is 710 g/mol. The van der Waals surface area contributed by atoms with Crippen LogP contribution in [0.15, 0.2) is 0 Å². The van der Waals surface area contributed by atoms with Gasteiger partial charge in [0.2, 0.25) is 0 Å². The Hall–Kier alpha value is -0.660. The molecule has 0 heterocycles. The largest absolute Gasteiger partial charge is 0.466 e. The molecule has 34 heavy (non-hydrogen) atoms. The lowest BCUT2D eigenvalue weighted by atomic mass is 9.90. The topological polar surface area (TPSA) is 105 Å². The van der Waals surface area contributed by atoms with Gasteiger partial charge in [0.05, 0.1) is 38.3 Å². The Morgan fingerprint density at radius 1 is 0.588 bits per heavy atom. The van der Waals surface area contributed by atoms with Gasteiger partial charge in [-0.3, -0.25) is 19.2 Å². The maximum Gasteiger partial charge on any atom is 0.318 e. The Kier molecular flexibility index (Phi) is 20.1. The van der Waals surface area contributed by atoms with Gasteiger partial charge in [0.25, 0.3) is 0 Å². The highest BCUT2D eigenvalue weighted by molar-refractivity contribution is 14.1. The van der Waals surface area contributed by atoms with E-state index in [4.69, 9.17) is 18.9 Å². The summed E-state index contributed by atoms with van der Waals surface area (Å²) in [6.45, 7) is 8.63. The molecule has 0 aliphatic heterocycles. The number of alkyl halides is 2. The molecule has 0 rings (SSSR count). The van der Waals surface area contributed by atoms with Gasteiger partial charge in [-0.2, -0.15) is 0 Å². The van der Waals surface area contributed by atoms with Crippen LogP contribution in [-0.2, 0) is 38.1 Å². The first kappa shape index (κ1) is 33.3. The summed E-state index contributed by atoms with van der Waals surface area (Å²) in [6.07, 6.45) is 4.59. The first-order valence-corrected chi connectivity index (χ1v) is 14.6. The molecule has 198 valence electrons. The van der Waals surface area contributed by atoms with Crippen molar-refractivity contribution >= 4 is 69.1 Å². The summed E-state index contributed by atoms with van der Waals surface area (Å²) in [7, 11) is 0. The molecule has 0 spiro atoms. The fourth-order valence-electron chi connectivity index (χ4n) is 3.09. The van der Waals surface area contributed by atoms with Crippen molar-refractivity contribution in [2.24, 2.45) is 11.8 Å². The molecule has 0 aromatic rings. The third kappa shape index (κ3) is 14.7. The van der Waals surface area contributed by atoms with Crippen molar-refractivity contribution < 1.29 is 38.1 Å². The summed E-state index contributed by atoms with van der Waals surface area (Å²) >= 11 is 3.98. The molecule has 0 N–H and O–H groups in total. The molecule has 0 aromatic carbocycles. The van der Waals surface area contributed by atoms with Crippen LogP contribution in [0, 0.1) is 11.8 Å². The Morgan fingerprint density at radius 2 is 0.941 bits per heavy atom. The monoisotopic (exact) mass is 710 g/mol. The lowest BCUT2D eigenvalue weighted by Gasteiger charge is -2.22. The van der Waals surface area contributed by atoms with Crippen molar-refractivity contribution in [3.8, 4) is 0 Å². The SMILES string of the molecule is CCCCOC(=O)C(I)CC(CCC(CC(I)C(=O)OCCCC)C(=O)OCC)C(=O)OCC. The van der Waals surface area contributed by atoms with E-state index >= 15 is 0 Å². The molecule has 0 amide bonds. The second kappa shape index (κ2) is 20.5. The molecule has 0 radical (unpaired) electrons. The van der Waals surface area contributed by atoms with Crippen LogP contribution in [0.2, 0.25) is 0 Å². The number of ether oxygens (including phenoxy) is 4. The van der Waals surface area contributed by atoms with Crippen molar-refractivity contribution in [1.29, 1.82) is 0 Å². The fourth-order valence-corrected chi connectivity index (χ4v) is 4.68. The number of esters is 4. The minimum atomic E-state index is -0.568. The van der Waals surface area contributed by atoms with Gasteiger partial charge in [0.15, 0.2) is 0 Å². The highest BCUT2D eigenvalue weighted by Gasteiger charge is 2.32. The van der Waals surface area contributed by atoms with Gasteiger partial charge in [0, 0.05) is 0 Å². The Balaban J connectivity index is 5.20. The molecule has 4 unspecified atom stereocenters. The number of carbonyl (C=O) groups is 4. The smallest absolute Gasteiger partial charge is 0.318 e. The van der Waals surface area contributed by atoms with Crippen LogP contribution in [-0.4, -0.2) is 58.2 Å². The maximum absolute atomic E-state index is 12.6. The van der Waals surface area contributed by atoms with Crippen LogP contribution in [0.25, 0.3) is 0 Å². The van der Waals surface area contributed by atoms with E-state index in [9.17, 15) is 19.2 Å². The second-order valence-corrected chi connectivity index (χ2v) is 10.9. The van der Waals surface area contributed by atoms with Crippen molar-refractivity contribution in [2.75, 3.05) is 26.4 Å². The second-order valence-electron chi connectivity index (χ2n) is 7.92. The predicted molar refractivity (Wildman–Crippen MR) is 146 cm³/mol. The summed E-state index contributed by atoms with van der Waals surface area (Å²) in [6, 6.07) is 0. The molecular formula is C24H40I2O8. The molecule has 0 aliphatic rings. The number of unbranched alkanes of at least 4 members (excludes halogenated alkanes) is 2. The standard InChI is InChI=1S/C24H40I2O8/c1-5-9-13-33-23(29)19(25)15-17(21(27)31-7-3)11-12-18(22(28)32-8-4)16-20(26)24(30)34-14-10-6-2/h17-20H,5-16H2,1-4H3. The zero-order valence-corrected chi connectivity index (χ0v) is 25.1. The van der Waals surface area contributed by atoms with E-state index < -0.39 is 31.6 Å². The van der Waals surface area contributed by atoms with Crippen LogP contribution in [0.4, 0.5) is 0 Å². The average Bonchev–Trinajstić information content (AvgIpc) is 2.80. The van der Waals surface area contributed by atoms with E-state index in [0.717, 1.165) is 25.7 Å². The molecule has 4 atom stereocenters. The number of halogens is 2. The Labute approximate surface area is 231 Å². The van der Waals surface area contributed by atoms with E-state index in [2.05, 4.69) is 0 Å². The first-order chi connectivity index (χ1) is 16.2. The third-order valence-electron chi connectivity index (χ3n) is 5.08. The van der Waals surface area contributed by atoms with Crippen LogP contribution in [0.3, 0.4) is 0 Å². The summed E-state index contributed by atoms with van der Waals surface area (Å²) in [5.74, 6) is -2.65. The van der Waals surface area contributed by atoms with Gasteiger partial charge in [-0.05, 0) is 52.4 Å². The molecule has 10 heteroatoms. The molecule has 0 fully saturated rings. The van der Waals surface area contributed by atoms with Gasteiger partial charge in [-0.25, -0.2) is 0 Å². The normalized spacial score (nSPS) is 14.4. The van der Waals surface area contributed by atoms with E-state index in [1.54, 1.807) is 13.8 Å². The van der Waals surface area contributed by atoms with Crippen molar-refractivity contribution in [2.45, 2.75) is 86.9 Å². The quantitative estimate of drug-likeness (QED) is 0.0593. The number of hydrogen-bond donors (Lipinski definition) is 0. The van der Waals surface area contributed by atoms with Crippen LogP contribution in [0.5, 0.6) is 0 Å². The third-order valence-corrected chi connectivity index (χ3v) is 7.12.